The molecule has 1 atom stereocenters. The summed E-state index contributed by atoms with van der Waals surface area (Å²) in [6.07, 6.45) is -8.15. The maximum absolute atomic E-state index is 14.2. The number of nitrogens with one attached hydrogen (secondary N) is 1. The lowest BCUT2D eigenvalue weighted by Gasteiger charge is -2.32. The van der Waals surface area contributed by atoms with E-state index >= 15 is 0 Å². The van der Waals surface area contributed by atoms with Gasteiger partial charge in [0.2, 0.25) is 5.95 Å². The number of hydrogen-bond donors (Lipinski definition) is 1. The Morgan fingerprint density at radius 3 is 2.31 bits per heavy atom. The average Bonchev–Trinajstić information content (AvgIpc) is 3.14. The Hall–Kier alpha value is -1.78. The Kier molecular flexibility index (Phi) is 7.17. The molecule has 1 aromatic heterocycles. The molecule has 0 aliphatic carbocycles. The van der Waals surface area contributed by atoms with Gasteiger partial charge in [-0.1, -0.05) is 30.1 Å². The second kappa shape index (κ2) is 9.23. The van der Waals surface area contributed by atoms with Crippen molar-refractivity contribution >= 4 is 29.2 Å². The number of nitrogens with zero attached hydrogens (tertiary/aromatic N) is 3. The van der Waals surface area contributed by atoms with Gasteiger partial charge in [-0.25, -0.2) is 9.97 Å². The van der Waals surface area contributed by atoms with Crippen LogP contribution in [-0.2, 0) is 18.1 Å². The third kappa shape index (κ3) is 5.07. The predicted octanol–water partition coefficient (Wildman–Crippen LogP) is 6.01. The van der Waals surface area contributed by atoms with E-state index in [0.717, 1.165) is 17.5 Å². The quantitative estimate of drug-likeness (QED) is 0.389. The highest BCUT2D eigenvalue weighted by atomic mass is 35.5. The molecule has 12 heteroatoms. The molecule has 0 radical (unpaired) electrons. The summed E-state index contributed by atoms with van der Waals surface area (Å²) in [5, 5.41) is 2.92. The fraction of sp³-hybridized carbons (Fsp3) is 0.500. The van der Waals surface area contributed by atoms with Crippen molar-refractivity contribution in [2.24, 2.45) is 0 Å². The van der Waals surface area contributed by atoms with E-state index in [1.807, 2.05) is 6.92 Å². The maximum Gasteiger partial charge on any atom is 0.433 e. The summed E-state index contributed by atoms with van der Waals surface area (Å²) in [6, 6.07) is 3.66. The number of benzene rings is 1. The molecule has 0 spiro atoms. The summed E-state index contributed by atoms with van der Waals surface area (Å²) in [6.45, 7) is 1.43. The summed E-state index contributed by atoms with van der Waals surface area (Å²) < 4.78 is 83.4. The van der Waals surface area contributed by atoms with Gasteiger partial charge in [-0.05, 0) is 43.1 Å². The largest absolute Gasteiger partial charge is 0.433 e. The van der Waals surface area contributed by atoms with Crippen molar-refractivity contribution in [3.8, 4) is 0 Å². The fourth-order valence-corrected chi connectivity index (χ4v) is 4.29. The lowest BCUT2D eigenvalue weighted by molar-refractivity contribution is -0.184. The van der Waals surface area contributed by atoms with E-state index in [2.05, 4.69) is 15.3 Å². The molecule has 1 aromatic carbocycles. The van der Waals surface area contributed by atoms with E-state index in [9.17, 15) is 26.3 Å². The zero-order valence-corrected chi connectivity index (χ0v) is 18.4. The molecular weight excluding hydrogens is 481 g/mol. The second-order valence-electron chi connectivity index (χ2n) is 7.63. The van der Waals surface area contributed by atoms with Crippen LogP contribution in [0.1, 0.15) is 36.6 Å². The second-order valence-corrected chi connectivity index (χ2v) is 8.50. The number of halogens is 8. The van der Waals surface area contributed by atoms with Crippen molar-refractivity contribution in [1.82, 2.24) is 15.3 Å². The summed E-state index contributed by atoms with van der Waals surface area (Å²) in [5.41, 5.74) is -3.86. The molecule has 1 N–H and O–H groups in total. The summed E-state index contributed by atoms with van der Waals surface area (Å²) in [7, 11) is 0. The highest BCUT2D eigenvalue weighted by Crippen LogP contribution is 2.49. The van der Waals surface area contributed by atoms with Gasteiger partial charge in [-0.3, -0.25) is 0 Å². The molecule has 4 nitrogen and oxygen atoms in total. The van der Waals surface area contributed by atoms with E-state index in [-0.39, 0.29) is 34.3 Å². The number of hydrogen-bond acceptors (Lipinski definition) is 4. The minimum atomic E-state index is -4.78. The Morgan fingerprint density at radius 2 is 1.75 bits per heavy atom. The summed E-state index contributed by atoms with van der Waals surface area (Å²) in [5.74, 6) is -0.407. The van der Waals surface area contributed by atoms with Crippen molar-refractivity contribution in [2.75, 3.05) is 24.5 Å². The first-order valence-electron chi connectivity index (χ1n) is 9.79. The lowest BCUT2D eigenvalue weighted by atomic mass is 9.79. The van der Waals surface area contributed by atoms with E-state index in [1.54, 1.807) is 0 Å². The van der Waals surface area contributed by atoms with Crippen molar-refractivity contribution in [2.45, 2.75) is 44.1 Å². The monoisotopic (exact) mass is 500 g/mol. The molecule has 176 valence electrons. The van der Waals surface area contributed by atoms with E-state index in [1.165, 1.54) is 18.2 Å². The summed E-state index contributed by atoms with van der Waals surface area (Å²) in [4.78, 5) is 8.67. The van der Waals surface area contributed by atoms with Crippen molar-refractivity contribution in [3.05, 3.63) is 51.3 Å². The van der Waals surface area contributed by atoms with Gasteiger partial charge in [0.15, 0.2) is 5.69 Å². The molecule has 1 aliphatic heterocycles. The maximum atomic E-state index is 14.2. The number of aromatic nitrogens is 2. The minimum absolute atomic E-state index is 0.0362. The first-order chi connectivity index (χ1) is 14.9. The molecule has 0 amide bonds. The molecule has 0 bridgehead atoms. The molecule has 1 saturated heterocycles. The molecule has 3 rings (SSSR count). The van der Waals surface area contributed by atoms with Gasteiger partial charge in [0.05, 0.1) is 0 Å². The topological polar surface area (TPSA) is 41.1 Å². The molecule has 1 unspecified atom stereocenters. The van der Waals surface area contributed by atoms with Crippen molar-refractivity contribution < 1.29 is 26.3 Å². The molecular formula is C20H20Cl2F6N4. The molecule has 32 heavy (non-hydrogen) atoms. The Morgan fingerprint density at radius 1 is 1.09 bits per heavy atom. The van der Waals surface area contributed by atoms with E-state index < -0.39 is 42.4 Å². The van der Waals surface area contributed by atoms with Crippen LogP contribution in [-0.4, -0.2) is 35.8 Å². The standard InChI is InChI=1S/C20H20Cl2F6N4/c1-2-4-29-9-12-10-30-17(31-16(12)19(23,24)25)32-5-3-18(11-32,20(26,27)28)13-6-14(21)8-15(22)7-13/h6-8,10,29H,2-5,9,11H2,1H3. The van der Waals surface area contributed by atoms with Gasteiger partial charge in [0, 0.05) is 41.4 Å². The van der Waals surface area contributed by atoms with Crippen molar-refractivity contribution in [1.29, 1.82) is 0 Å². The zero-order valence-electron chi connectivity index (χ0n) is 16.9. The molecule has 0 saturated carbocycles. The first-order valence-corrected chi connectivity index (χ1v) is 10.5. The third-order valence-electron chi connectivity index (χ3n) is 5.37. The highest BCUT2D eigenvalue weighted by molar-refractivity contribution is 6.34. The lowest BCUT2D eigenvalue weighted by Crippen LogP contribution is -2.45. The van der Waals surface area contributed by atoms with Gasteiger partial charge in [0.1, 0.15) is 5.41 Å². The van der Waals surface area contributed by atoms with Crippen LogP contribution in [0.25, 0.3) is 0 Å². The summed E-state index contributed by atoms with van der Waals surface area (Å²) >= 11 is 11.8. The Balaban J connectivity index is 1.97. The van der Waals surface area contributed by atoms with Gasteiger partial charge < -0.3 is 10.2 Å². The van der Waals surface area contributed by atoms with Gasteiger partial charge in [0.25, 0.3) is 0 Å². The molecule has 2 heterocycles. The van der Waals surface area contributed by atoms with E-state index in [4.69, 9.17) is 23.2 Å². The van der Waals surface area contributed by atoms with Crippen LogP contribution in [0.3, 0.4) is 0 Å². The third-order valence-corrected chi connectivity index (χ3v) is 5.81. The van der Waals surface area contributed by atoms with Crippen LogP contribution in [0.15, 0.2) is 24.4 Å². The molecule has 1 fully saturated rings. The van der Waals surface area contributed by atoms with Crippen LogP contribution in [0.4, 0.5) is 32.3 Å². The number of anilines is 1. The van der Waals surface area contributed by atoms with Gasteiger partial charge >= 0.3 is 12.4 Å². The van der Waals surface area contributed by atoms with E-state index in [0.29, 0.717) is 6.54 Å². The van der Waals surface area contributed by atoms with Crippen LogP contribution in [0.5, 0.6) is 0 Å². The Labute approximate surface area is 190 Å². The van der Waals surface area contributed by atoms with Gasteiger partial charge in [-0.15, -0.1) is 0 Å². The fourth-order valence-electron chi connectivity index (χ4n) is 3.77. The number of alkyl halides is 6. The average molecular weight is 501 g/mol. The normalized spacial score (nSPS) is 19.6. The molecule has 2 aromatic rings. The van der Waals surface area contributed by atoms with Crippen molar-refractivity contribution in [3.63, 3.8) is 0 Å². The van der Waals surface area contributed by atoms with Crippen LogP contribution in [0, 0.1) is 0 Å². The van der Waals surface area contributed by atoms with Gasteiger partial charge in [-0.2, -0.15) is 26.3 Å². The Bertz CT molecular complexity index is 946. The van der Waals surface area contributed by atoms with Crippen LogP contribution < -0.4 is 10.2 Å². The van der Waals surface area contributed by atoms with Crippen LogP contribution in [0.2, 0.25) is 10.0 Å². The molecule has 1 aliphatic rings. The highest BCUT2D eigenvalue weighted by Gasteiger charge is 2.59. The van der Waals surface area contributed by atoms with Crippen LogP contribution >= 0.6 is 23.2 Å². The zero-order chi connectivity index (χ0) is 23.7. The first kappa shape index (κ1) is 24.9. The minimum Gasteiger partial charge on any atom is -0.340 e. The predicted molar refractivity (Wildman–Crippen MR) is 110 cm³/mol. The SMILES string of the molecule is CCCNCc1cnc(N2CCC(c3cc(Cl)cc(Cl)c3)(C(F)(F)F)C2)nc1C(F)(F)F. The number of rotatable bonds is 6. The smallest absolute Gasteiger partial charge is 0.340 e.